The van der Waals surface area contributed by atoms with Crippen LogP contribution in [0.1, 0.15) is 28.4 Å². The Morgan fingerprint density at radius 3 is 1.71 bits per heavy atom. The summed E-state index contributed by atoms with van der Waals surface area (Å²) in [4.78, 5) is 4.61. The van der Waals surface area contributed by atoms with Crippen molar-refractivity contribution in [3.63, 3.8) is 0 Å². The van der Waals surface area contributed by atoms with Gasteiger partial charge in [-0.3, -0.25) is 10.3 Å². The van der Waals surface area contributed by atoms with Gasteiger partial charge in [0.15, 0.2) is 5.84 Å². The molecule has 0 bridgehead atoms. The summed E-state index contributed by atoms with van der Waals surface area (Å²) >= 11 is 0. The van der Waals surface area contributed by atoms with Crippen LogP contribution >= 0.6 is 0 Å². The molecule has 0 aromatic heterocycles. The standard InChI is InChI=1S/C34H30N4/c1-25-13-9-11-19-31(25)37(32-20-12-10-14-26(32)2)30-23-21-28(22-24-30)34-36-35-33(27-15-5-3-6-16-27)38(34)29-17-7-4-8-18-29/h3-24,34,36H,1-2H3. The summed E-state index contributed by atoms with van der Waals surface area (Å²) in [6.07, 6.45) is -0.118. The number of para-hydroxylation sites is 3. The Morgan fingerprint density at radius 1 is 0.605 bits per heavy atom. The van der Waals surface area contributed by atoms with Crippen LogP contribution in [0.25, 0.3) is 0 Å². The highest BCUT2D eigenvalue weighted by Gasteiger charge is 2.31. The van der Waals surface area contributed by atoms with Crippen molar-refractivity contribution in [2.45, 2.75) is 20.0 Å². The van der Waals surface area contributed by atoms with E-state index in [-0.39, 0.29) is 6.17 Å². The molecule has 186 valence electrons. The summed E-state index contributed by atoms with van der Waals surface area (Å²) in [5.74, 6) is 0.910. The van der Waals surface area contributed by atoms with Gasteiger partial charge in [-0.1, -0.05) is 97.1 Å². The summed E-state index contributed by atoms with van der Waals surface area (Å²) in [6, 6.07) is 46.7. The zero-order valence-corrected chi connectivity index (χ0v) is 21.6. The molecule has 1 heterocycles. The number of hydrazone groups is 1. The van der Waals surface area contributed by atoms with Crippen molar-refractivity contribution in [1.82, 2.24) is 5.43 Å². The third-order valence-corrected chi connectivity index (χ3v) is 7.03. The summed E-state index contributed by atoms with van der Waals surface area (Å²) in [6.45, 7) is 4.33. The number of aryl methyl sites for hydroxylation is 2. The van der Waals surface area contributed by atoms with E-state index in [9.17, 15) is 0 Å². The fourth-order valence-electron chi connectivity index (χ4n) is 5.07. The van der Waals surface area contributed by atoms with E-state index in [1.165, 1.54) is 22.5 Å². The van der Waals surface area contributed by atoms with E-state index in [1.54, 1.807) is 0 Å². The lowest BCUT2D eigenvalue weighted by Crippen LogP contribution is -2.33. The highest BCUT2D eigenvalue weighted by Crippen LogP contribution is 2.39. The van der Waals surface area contributed by atoms with Crippen molar-refractivity contribution in [1.29, 1.82) is 0 Å². The fraction of sp³-hybridized carbons (Fsp3) is 0.0882. The molecule has 0 saturated carbocycles. The first-order valence-electron chi connectivity index (χ1n) is 12.9. The molecule has 1 aliphatic rings. The largest absolute Gasteiger partial charge is 0.310 e. The Kier molecular flexibility index (Phi) is 6.37. The van der Waals surface area contributed by atoms with Crippen LogP contribution in [0, 0.1) is 13.8 Å². The molecule has 6 rings (SSSR count). The third-order valence-electron chi connectivity index (χ3n) is 7.03. The minimum atomic E-state index is -0.118. The smallest absolute Gasteiger partial charge is 0.162 e. The maximum absolute atomic E-state index is 4.78. The molecule has 0 radical (unpaired) electrons. The molecule has 1 aliphatic heterocycles. The Morgan fingerprint density at radius 2 is 1.13 bits per heavy atom. The van der Waals surface area contributed by atoms with Gasteiger partial charge in [-0.05, 0) is 66.9 Å². The number of hydrogen-bond acceptors (Lipinski definition) is 4. The predicted molar refractivity (Wildman–Crippen MR) is 158 cm³/mol. The molecule has 0 aliphatic carbocycles. The maximum atomic E-state index is 4.78. The monoisotopic (exact) mass is 494 g/mol. The van der Waals surface area contributed by atoms with Gasteiger partial charge >= 0.3 is 0 Å². The second-order valence-electron chi connectivity index (χ2n) is 9.54. The topological polar surface area (TPSA) is 30.9 Å². The Labute approximate surface area is 224 Å². The van der Waals surface area contributed by atoms with Crippen LogP contribution in [0.4, 0.5) is 22.7 Å². The lowest BCUT2D eigenvalue weighted by atomic mass is 10.1. The van der Waals surface area contributed by atoms with Gasteiger partial charge in [0.2, 0.25) is 0 Å². The number of hydrogen-bond donors (Lipinski definition) is 1. The van der Waals surface area contributed by atoms with E-state index >= 15 is 0 Å². The highest BCUT2D eigenvalue weighted by molar-refractivity contribution is 6.11. The lowest BCUT2D eigenvalue weighted by Gasteiger charge is -2.30. The number of amidine groups is 1. The second-order valence-corrected chi connectivity index (χ2v) is 9.54. The van der Waals surface area contributed by atoms with Crippen LogP contribution in [-0.2, 0) is 0 Å². The quantitative estimate of drug-likeness (QED) is 0.258. The molecule has 1 N–H and O–H groups in total. The van der Waals surface area contributed by atoms with E-state index in [1.807, 2.05) is 12.1 Å². The molecule has 0 fully saturated rings. The van der Waals surface area contributed by atoms with Gasteiger partial charge in [-0.15, -0.1) is 0 Å². The highest BCUT2D eigenvalue weighted by atomic mass is 15.5. The molecule has 1 unspecified atom stereocenters. The Hall–Kier alpha value is -4.83. The van der Waals surface area contributed by atoms with Gasteiger partial charge in [0, 0.05) is 28.3 Å². The molecule has 1 atom stereocenters. The molecule has 0 saturated heterocycles. The Bertz CT molecular complexity index is 1510. The van der Waals surface area contributed by atoms with Crippen molar-refractivity contribution < 1.29 is 0 Å². The molecule has 0 spiro atoms. The van der Waals surface area contributed by atoms with Crippen LogP contribution in [-0.4, -0.2) is 5.84 Å². The summed E-state index contributed by atoms with van der Waals surface area (Å²) in [5.41, 5.74) is 12.6. The summed E-state index contributed by atoms with van der Waals surface area (Å²) < 4.78 is 0. The first-order chi connectivity index (χ1) is 18.7. The second kappa shape index (κ2) is 10.3. The van der Waals surface area contributed by atoms with Crippen molar-refractivity contribution in [3.8, 4) is 0 Å². The zero-order chi connectivity index (χ0) is 25.9. The van der Waals surface area contributed by atoms with Crippen LogP contribution in [0.2, 0.25) is 0 Å². The number of nitrogens with one attached hydrogen (secondary N) is 1. The van der Waals surface area contributed by atoms with E-state index in [0.29, 0.717) is 0 Å². The fourth-order valence-corrected chi connectivity index (χ4v) is 5.07. The van der Waals surface area contributed by atoms with Gasteiger partial charge in [0.1, 0.15) is 6.17 Å². The number of nitrogens with zero attached hydrogens (tertiary/aromatic N) is 3. The van der Waals surface area contributed by atoms with Crippen molar-refractivity contribution in [3.05, 3.63) is 156 Å². The number of benzene rings is 5. The molecule has 38 heavy (non-hydrogen) atoms. The van der Waals surface area contributed by atoms with E-state index in [2.05, 4.69) is 150 Å². The molecule has 4 nitrogen and oxygen atoms in total. The average molecular weight is 495 g/mol. The molecule has 5 aromatic rings. The first-order valence-corrected chi connectivity index (χ1v) is 12.9. The Balaban J connectivity index is 1.39. The number of rotatable bonds is 6. The predicted octanol–water partition coefficient (Wildman–Crippen LogP) is 8.24. The average Bonchev–Trinajstić information content (AvgIpc) is 3.42. The van der Waals surface area contributed by atoms with Gasteiger partial charge in [0.05, 0.1) is 0 Å². The SMILES string of the molecule is Cc1ccccc1N(c1ccc(C2NN=C(c3ccccc3)N2c2ccccc2)cc1)c1ccccc1C. The number of anilines is 4. The van der Waals surface area contributed by atoms with Crippen molar-refractivity contribution in [2.24, 2.45) is 5.10 Å². The molecular weight excluding hydrogens is 464 g/mol. The van der Waals surface area contributed by atoms with Gasteiger partial charge in [0.25, 0.3) is 0 Å². The zero-order valence-electron chi connectivity index (χ0n) is 21.6. The van der Waals surface area contributed by atoms with E-state index < -0.39 is 0 Å². The maximum Gasteiger partial charge on any atom is 0.162 e. The molecule has 5 aromatic carbocycles. The van der Waals surface area contributed by atoms with Crippen LogP contribution in [0.5, 0.6) is 0 Å². The van der Waals surface area contributed by atoms with Crippen molar-refractivity contribution >= 4 is 28.6 Å². The van der Waals surface area contributed by atoms with Crippen LogP contribution in [0.3, 0.4) is 0 Å². The minimum absolute atomic E-state index is 0.118. The minimum Gasteiger partial charge on any atom is -0.310 e. The van der Waals surface area contributed by atoms with Crippen LogP contribution < -0.4 is 15.2 Å². The van der Waals surface area contributed by atoms with Crippen LogP contribution in [0.15, 0.2) is 139 Å². The van der Waals surface area contributed by atoms with E-state index in [4.69, 9.17) is 5.10 Å². The molecule has 4 heteroatoms. The summed E-state index contributed by atoms with van der Waals surface area (Å²) in [7, 11) is 0. The first kappa shape index (κ1) is 23.6. The normalized spacial score (nSPS) is 14.6. The van der Waals surface area contributed by atoms with Gasteiger partial charge < -0.3 is 4.90 Å². The lowest BCUT2D eigenvalue weighted by molar-refractivity contribution is 0.617. The summed E-state index contributed by atoms with van der Waals surface area (Å²) in [5, 5.41) is 4.78. The van der Waals surface area contributed by atoms with E-state index in [0.717, 1.165) is 28.3 Å². The van der Waals surface area contributed by atoms with Gasteiger partial charge in [-0.25, -0.2) is 0 Å². The molecular formula is C34H30N4. The third kappa shape index (κ3) is 4.41. The van der Waals surface area contributed by atoms with Crippen molar-refractivity contribution in [2.75, 3.05) is 9.80 Å². The van der Waals surface area contributed by atoms with Gasteiger partial charge in [-0.2, -0.15) is 5.10 Å². The molecule has 0 amide bonds.